The Morgan fingerprint density at radius 2 is 2.15 bits per heavy atom. The van der Waals surface area contributed by atoms with Crippen molar-refractivity contribution in [3.63, 3.8) is 0 Å². The molecule has 1 unspecified atom stereocenters. The highest BCUT2D eigenvalue weighted by atomic mass is 32.2. The molecule has 0 aromatic heterocycles. The first-order valence-corrected chi connectivity index (χ1v) is 5.91. The molecule has 0 fully saturated rings. The van der Waals surface area contributed by atoms with Crippen molar-refractivity contribution in [3.8, 4) is 0 Å². The van der Waals surface area contributed by atoms with Crippen LogP contribution >= 0.6 is 12.0 Å². The summed E-state index contributed by atoms with van der Waals surface area (Å²) in [6.45, 7) is 5.83. The van der Waals surface area contributed by atoms with Gasteiger partial charge in [-0.2, -0.15) is 0 Å². The van der Waals surface area contributed by atoms with Crippen molar-refractivity contribution in [2.75, 3.05) is 5.75 Å². The SMILES string of the molecule is CCCCC(CC)CSOC(C)=O. The number of hydrogen-bond donors (Lipinski definition) is 0. The normalized spacial score (nSPS) is 12.5. The summed E-state index contributed by atoms with van der Waals surface area (Å²) >= 11 is 1.29. The van der Waals surface area contributed by atoms with E-state index < -0.39 is 0 Å². The summed E-state index contributed by atoms with van der Waals surface area (Å²) in [5.41, 5.74) is 0. The Balaban J connectivity index is 3.41. The minimum absolute atomic E-state index is 0.199. The molecule has 0 amide bonds. The molecule has 0 bridgehead atoms. The van der Waals surface area contributed by atoms with Gasteiger partial charge in [-0.3, -0.25) is 4.79 Å². The van der Waals surface area contributed by atoms with E-state index in [-0.39, 0.29) is 5.97 Å². The van der Waals surface area contributed by atoms with E-state index in [0.717, 1.165) is 5.75 Å². The lowest BCUT2D eigenvalue weighted by Crippen LogP contribution is -2.03. The Morgan fingerprint density at radius 1 is 1.46 bits per heavy atom. The first-order chi connectivity index (χ1) is 6.20. The molecule has 0 aliphatic heterocycles. The second-order valence-corrected chi connectivity index (χ2v) is 4.01. The lowest BCUT2D eigenvalue weighted by Gasteiger charge is -2.12. The van der Waals surface area contributed by atoms with E-state index in [1.165, 1.54) is 44.6 Å². The van der Waals surface area contributed by atoms with Crippen LogP contribution in [0.15, 0.2) is 0 Å². The van der Waals surface area contributed by atoms with Gasteiger partial charge < -0.3 is 4.18 Å². The highest BCUT2D eigenvalue weighted by Gasteiger charge is 2.07. The average Bonchev–Trinajstić information content (AvgIpc) is 2.10. The second kappa shape index (κ2) is 8.42. The van der Waals surface area contributed by atoms with Gasteiger partial charge in [-0.05, 0) is 12.3 Å². The van der Waals surface area contributed by atoms with E-state index in [1.807, 2.05) is 0 Å². The Kier molecular flexibility index (Phi) is 8.30. The summed E-state index contributed by atoms with van der Waals surface area (Å²) in [5, 5.41) is 0. The Labute approximate surface area is 85.6 Å². The highest BCUT2D eigenvalue weighted by Crippen LogP contribution is 2.18. The molecular weight excluding hydrogens is 184 g/mol. The van der Waals surface area contributed by atoms with Crippen LogP contribution < -0.4 is 0 Å². The minimum atomic E-state index is -0.199. The van der Waals surface area contributed by atoms with E-state index in [9.17, 15) is 4.79 Å². The first kappa shape index (κ1) is 12.8. The van der Waals surface area contributed by atoms with Crippen LogP contribution in [0.4, 0.5) is 0 Å². The maximum Gasteiger partial charge on any atom is 0.314 e. The summed E-state index contributed by atoms with van der Waals surface area (Å²) < 4.78 is 4.83. The van der Waals surface area contributed by atoms with Crippen molar-refractivity contribution in [2.24, 2.45) is 5.92 Å². The zero-order valence-electron chi connectivity index (χ0n) is 8.84. The molecule has 3 heteroatoms. The Hall–Kier alpha value is -0.180. The van der Waals surface area contributed by atoms with Crippen molar-refractivity contribution >= 4 is 18.0 Å². The van der Waals surface area contributed by atoms with Gasteiger partial charge in [0.25, 0.3) is 0 Å². The number of rotatable bonds is 7. The number of hydrogen-bond acceptors (Lipinski definition) is 3. The standard InChI is InChI=1S/C10H20O2S/c1-4-6-7-10(5-2)8-13-12-9(3)11/h10H,4-8H2,1-3H3. The number of unbranched alkanes of at least 4 members (excludes halogenated alkanes) is 1. The zero-order chi connectivity index (χ0) is 10.1. The predicted octanol–water partition coefficient (Wildman–Crippen LogP) is 3.41. The minimum Gasteiger partial charge on any atom is -0.392 e. The van der Waals surface area contributed by atoms with Crippen molar-refractivity contribution in [2.45, 2.75) is 46.5 Å². The van der Waals surface area contributed by atoms with Crippen LogP contribution in [-0.2, 0) is 8.98 Å². The lowest BCUT2D eigenvalue weighted by atomic mass is 10.0. The van der Waals surface area contributed by atoms with Crippen molar-refractivity contribution in [1.82, 2.24) is 0 Å². The van der Waals surface area contributed by atoms with E-state index in [1.54, 1.807) is 0 Å². The molecule has 0 aliphatic carbocycles. The molecule has 0 heterocycles. The molecule has 0 aromatic rings. The molecule has 0 aromatic carbocycles. The fourth-order valence-electron chi connectivity index (χ4n) is 1.11. The maximum atomic E-state index is 10.5. The summed E-state index contributed by atoms with van der Waals surface area (Å²) in [6.07, 6.45) is 4.95. The van der Waals surface area contributed by atoms with Crippen LogP contribution in [0.2, 0.25) is 0 Å². The van der Waals surface area contributed by atoms with Crippen molar-refractivity contribution in [1.29, 1.82) is 0 Å². The molecule has 2 nitrogen and oxygen atoms in total. The third-order valence-corrected chi connectivity index (χ3v) is 2.98. The van der Waals surface area contributed by atoms with E-state index >= 15 is 0 Å². The van der Waals surface area contributed by atoms with Gasteiger partial charge >= 0.3 is 5.97 Å². The molecule has 0 rings (SSSR count). The predicted molar refractivity (Wildman–Crippen MR) is 57.5 cm³/mol. The average molecular weight is 204 g/mol. The third-order valence-electron chi connectivity index (χ3n) is 2.02. The van der Waals surface area contributed by atoms with Crippen LogP contribution in [0.5, 0.6) is 0 Å². The number of carbonyl (C=O) groups excluding carboxylic acids is 1. The molecule has 0 N–H and O–H groups in total. The quantitative estimate of drug-likeness (QED) is 0.594. The summed E-state index contributed by atoms with van der Waals surface area (Å²) in [7, 11) is 0. The molecule has 13 heavy (non-hydrogen) atoms. The Bertz CT molecular complexity index is 137. The third kappa shape index (κ3) is 8.16. The Morgan fingerprint density at radius 3 is 2.62 bits per heavy atom. The fraction of sp³-hybridized carbons (Fsp3) is 0.900. The van der Waals surface area contributed by atoms with E-state index in [4.69, 9.17) is 4.18 Å². The van der Waals surface area contributed by atoms with Crippen molar-refractivity contribution < 1.29 is 8.98 Å². The number of carbonyl (C=O) groups is 1. The van der Waals surface area contributed by atoms with E-state index in [0.29, 0.717) is 5.92 Å². The van der Waals surface area contributed by atoms with Gasteiger partial charge in [0.15, 0.2) is 0 Å². The van der Waals surface area contributed by atoms with Crippen LogP contribution in [0.25, 0.3) is 0 Å². The molecule has 1 atom stereocenters. The topological polar surface area (TPSA) is 26.3 Å². The second-order valence-electron chi connectivity index (χ2n) is 3.28. The molecule has 0 saturated carbocycles. The van der Waals surface area contributed by atoms with Gasteiger partial charge in [-0.25, -0.2) is 0 Å². The zero-order valence-corrected chi connectivity index (χ0v) is 9.65. The molecule has 0 radical (unpaired) electrons. The smallest absolute Gasteiger partial charge is 0.314 e. The molecule has 78 valence electrons. The fourth-order valence-corrected chi connectivity index (χ4v) is 1.94. The van der Waals surface area contributed by atoms with Gasteiger partial charge in [0.05, 0.1) is 12.0 Å². The van der Waals surface area contributed by atoms with Gasteiger partial charge in [0.1, 0.15) is 0 Å². The molecule has 0 saturated heterocycles. The molecule has 0 spiro atoms. The van der Waals surface area contributed by atoms with Crippen LogP contribution in [0, 0.1) is 5.92 Å². The van der Waals surface area contributed by atoms with Crippen LogP contribution in [-0.4, -0.2) is 11.7 Å². The molecule has 0 aliphatic rings. The lowest BCUT2D eigenvalue weighted by molar-refractivity contribution is -0.130. The van der Waals surface area contributed by atoms with Crippen LogP contribution in [0.1, 0.15) is 46.5 Å². The maximum absolute atomic E-state index is 10.5. The summed E-state index contributed by atoms with van der Waals surface area (Å²) in [6, 6.07) is 0. The highest BCUT2D eigenvalue weighted by molar-refractivity contribution is 7.95. The van der Waals surface area contributed by atoms with Crippen molar-refractivity contribution in [3.05, 3.63) is 0 Å². The van der Waals surface area contributed by atoms with Gasteiger partial charge in [0.2, 0.25) is 0 Å². The van der Waals surface area contributed by atoms with Gasteiger partial charge in [-0.1, -0.05) is 33.1 Å². The first-order valence-electron chi connectivity index (χ1n) is 5.00. The van der Waals surface area contributed by atoms with Crippen LogP contribution in [0.3, 0.4) is 0 Å². The summed E-state index contributed by atoms with van der Waals surface area (Å²) in [5.74, 6) is 1.44. The molecular formula is C10H20O2S. The summed E-state index contributed by atoms with van der Waals surface area (Å²) in [4.78, 5) is 10.5. The van der Waals surface area contributed by atoms with Gasteiger partial charge in [0, 0.05) is 12.7 Å². The largest absolute Gasteiger partial charge is 0.392 e. The monoisotopic (exact) mass is 204 g/mol. The van der Waals surface area contributed by atoms with Gasteiger partial charge in [-0.15, -0.1) is 0 Å². The van der Waals surface area contributed by atoms with E-state index in [2.05, 4.69) is 13.8 Å².